The summed E-state index contributed by atoms with van der Waals surface area (Å²) < 4.78 is 7.54. The fraction of sp³-hybridized carbons (Fsp3) is 0.286. The third-order valence-electron chi connectivity index (χ3n) is 3.11. The third kappa shape index (κ3) is 2.61. The summed E-state index contributed by atoms with van der Waals surface area (Å²) in [7, 11) is 1.81. The van der Waals surface area contributed by atoms with Crippen LogP contribution in [0.5, 0.6) is 11.6 Å². The van der Waals surface area contributed by atoms with Gasteiger partial charge in [-0.05, 0) is 44.0 Å². The van der Waals surface area contributed by atoms with Gasteiger partial charge in [0.15, 0.2) is 0 Å². The fourth-order valence-corrected chi connectivity index (χ4v) is 2.16. The Hall–Kier alpha value is -1.88. The first kappa shape index (κ1) is 13.5. The Morgan fingerprint density at radius 1 is 1.26 bits per heavy atom. The maximum absolute atomic E-state index is 5.89. The summed E-state index contributed by atoms with van der Waals surface area (Å²) in [4.78, 5) is 0.296. The van der Waals surface area contributed by atoms with E-state index in [9.17, 15) is 0 Å². The van der Waals surface area contributed by atoms with Gasteiger partial charge in [0.2, 0.25) is 5.88 Å². The minimum atomic E-state index is 0.296. The second kappa shape index (κ2) is 5.01. The second-order valence-corrected chi connectivity index (χ2v) is 5.04. The number of hydrogen-bond donors (Lipinski definition) is 1. The molecular weight excluding hydrogens is 258 g/mol. The van der Waals surface area contributed by atoms with Crippen molar-refractivity contribution in [3.63, 3.8) is 0 Å². The number of benzene rings is 1. The monoisotopic (exact) mass is 275 g/mol. The van der Waals surface area contributed by atoms with Crippen LogP contribution in [0.1, 0.15) is 22.4 Å². The van der Waals surface area contributed by atoms with Crippen LogP contribution < -0.4 is 10.5 Å². The lowest BCUT2D eigenvalue weighted by atomic mass is 10.1. The van der Waals surface area contributed by atoms with Crippen molar-refractivity contribution in [1.29, 1.82) is 0 Å². The lowest BCUT2D eigenvalue weighted by Gasteiger charge is -2.09. The quantitative estimate of drug-likeness (QED) is 0.875. The van der Waals surface area contributed by atoms with Crippen LogP contribution >= 0.6 is 12.2 Å². The molecule has 0 saturated carbocycles. The maximum atomic E-state index is 5.89. The molecule has 0 spiro atoms. The normalized spacial score (nSPS) is 10.5. The van der Waals surface area contributed by atoms with Crippen molar-refractivity contribution < 1.29 is 4.74 Å². The molecule has 2 rings (SSSR count). The maximum Gasteiger partial charge on any atom is 0.228 e. The van der Waals surface area contributed by atoms with Gasteiger partial charge < -0.3 is 10.5 Å². The fourth-order valence-electron chi connectivity index (χ4n) is 1.93. The van der Waals surface area contributed by atoms with Crippen LogP contribution in [0.15, 0.2) is 18.2 Å². The van der Waals surface area contributed by atoms with Crippen LogP contribution in [0.3, 0.4) is 0 Å². The third-order valence-corrected chi connectivity index (χ3v) is 3.31. The van der Waals surface area contributed by atoms with Crippen LogP contribution in [0, 0.1) is 20.8 Å². The SMILES string of the molecule is Cc1ccc(Oc2c(C(N)=S)c(C)nn2C)cc1C. The van der Waals surface area contributed by atoms with E-state index >= 15 is 0 Å². The van der Waals surface area contributed by atoms with Gasteiger partial charge in [-0.3, -0.25) is 0 Å². The molecule has 5 heteroatoms. The van der Waals surface area contributed by atoms with Gasteiger partial charge in [0.1, 0.15) is 10.7 Å². The zero-order valence-electron chi connectivity index (χ0n) is 11.5. The molecule has 4 nitrogen and oxygen atoms in total. The molecule has 0 fully saturated rings. The van der Waals surface area contributed by atoms with Gasteiger partial charge in [-0.1, -0.05) is 18.3 Å². The Kier molecular flexibility index (Phi) is 3.57. The highest BCUT2D eigenvalue weighted by molar-refractivity contribution is 7.80. The molecule has 0 atom stereocenters. The Morgan fingerprint density at radius 2 is 1.95 bits per heavy atom. The molecule has 0 aliphatic carbocycles. The van der Waals surface area contributed by atoms with Crippen LogP contribution in [-0.4, -0.2) is 14.8 Å². The molecule has 0 amide bonds. The first-order chi connectivity index (χ1) is 8.90. The summed E-state index contributed by atoms with van der Waals surface area (Å²) in [6, 6.07) is 5.93. The van der Waals surface area contributed by atoms with Crippen LogP contribution in [0.2, 0.25) is 0 Å². The Balaban J connectivity index is 2.43. The number of hydrogen-bond acceptors (Lipinski definition) is 3. The zero-order chi connectivity index (χ0) is 14.2. The predicted molar refractivity (Wildman–Crippen MR) is 79.8 cm³/mol. The van der Waals surface area contributed by atoms with Crippen molar-refractivity contribution in [3.8, 4) is 11.6 Å². The first-order valence-electron chi connectivity index (χ1n) is 5.98. The van der Waals surface area contributed by atoms with Gasteiger partial charge in [0.25, 0.3) is 0 Å². The van der Waals surface area contributed by atoms with E-state index in [1.54, 1.807) is 4.68 Å². The number of nitrogens with two attached hydrogens (primary N) is 1. The molecule has 1 heterocycles. The van der Waals surface area contributed by atoms with E-state index in [0.717, 1.165) is 11.4 Å². The molecule has 0 aliphatic rings. The van der Waals surface area contributed by atoms with E-state index in [1.807, 2.05) is 39.1 Å². The molecule has 0 aliphatic heterocycles. The molecule has 0 bridgehead atoms. The van der Waals surface area contributed by atoms with Gasteiger partial charge >= 0.3 is 0 Å². The summed E-state index contributed by atoms with van der Waals surface area (Å²) in [5, 5.41) is 4.29. The van der Waals surface area contributed by atoms with Gasteiger partial charge in [0.05, 0.1) is 11.3 Å². The second-order valence-electron chi connectivity index (χ2n) is 4.60. The molecule has 2 aromatic rings. The van der Waals surface area contributed by atoms with Crippen molar-refractivity contribution >= 4 is 17.2 Å². The molecular formula is C14H17N3OS. The number of rotatable bonds is 3. The highest BCUT2D eigenvalue weighted by atomic mass is 32.1. The Bertz CT molecular complexity index is 646. The number of aromatic nitrogens is 2. The van der Waals surface area contributed by atoms with Gasteiger partial charge in [-0.2, -0.15) is 5.10 Å². The minimum absolute atomic E-state index is 0.296. The molecule has 2 N–H and O–H groups in total. The van der Waals surface area contributed by atoms with Crippen molar-refractivity contribution in [1.82, 2.24) is 9.78 Å². The summed E-state index contributed by atoms with van der Waals surface area (Å²) >= 11 is 5.06. The smallest absolute Gasteiger partial charge is 0.228 e. The molecule has 1 aromatic carbocycles. The average Bonchev–Trinajstić information content (AvgIpc) is 2.59. The standard InChI is InChI=1S/C14H17N3OS/c1-8-5-6-11(7-9(8)2)18-14-12(13(15)19)10(3)16-17(14)4/h5-7H,1-4H3,(H2,15,19). The van der Waals surface area contributed by atoms with Crippen LogP contribution in [0.4, 0.5) is 0 Å². The minimum Gasteiger partial charge on any atom is -0.439 e. The summed E-state index contributed by atoms with van der Waals surface area (Å²) in [5.41, 5.74) is 9.60. The van der Waals surface area contributed by atoms with Crippen LogP contribution in [-0.2, 0) is 7.05 Å². The van der Waals surface area contributed by atoms with E-state index in [0.29, 0.717) is 16.4 Å². The van der Waals surface area contributed by atoms with E-state index in [-0.39, 0.29) is 0 Å². The number of ether oxygens (including phenoxy) is 1. The number of nitrogens with zero attached hydrogens (tertiary/aromatic N) is 2. The first-order valence-corrected chi connectivity index (χ1v) is 6.39. The van der Waals surface area contributed by atoms with E-state index in [2.05, 4.69) is 12.0 Å². The molecule has 100 valence electrons. The summed E-state index contributed by atoms with van der Waals surface area (Å²) in [6.07, 6.45) is 0. The number of aryl methyl sites for hydroxylation is 4. The molecule has 0 saturated heterocycles. The molecule has 0 unspecified atom stereocenters. The number of thiocarbonyl (C=S) groups is 1. The lowest BCUT2D eigenvalue weighted by Crippen LogP contribution is -2.11. The topological polar surface area (TPSA) is 53.1 Å². The predicted octanol–water partition coefficient (Wildman–Crippen LogP) is 2.77. The molecule has 1 aromatic heterocycles. The lowest BCUT2D eigenvalue weighted by molar-refractivity contribution is 0.429. The molecule has 19 heavy (non-hydrogen) atoms. The van der Waals surface area contributed by atoms with Crippen molar-refractivity contribution in [2.45, 2.75) is 20.8 Å². The molecule has 0 radical (unpaired) electrons. The summed E-state index contributed by atoms with van der Waals surface area (Å²) in [5.74, 6) is 1.33. The van der Waals surface area contributed by atoms with Crippen molar-refractivity contribution in [2.24, 2.45) is 12.8 Å². The summed E-state index contributed by atoms with van der Waals surface area (Å²) in [6.45, 7) is 5.97. The highest BCUT2D eigenvalue weighted by Gasteiger charge is 2.17. The van der Waals surface area contributed by atoms with E-state index < -0.39 is 0 Å². The van der Waals surface area contributed by atoms with E-state index in [4.69, 9.17) is 22.7 Å². The largest absolute Gasteiger partial charge is 0.439 e. The van der Waals surface area contributed by atoms with Crippen molar-refractivity contribution in [2.75, 3.05) is 0 Å². The van der Waals surface area contributed by atoms with Gasteiger partial charge in [0, 0.05) is 7.05 Å². The zero-order valence-corrected chi connectivity index (χ0v) is 12.3. The van der Waals surface area contributed by atoms with Gasteiger partial charge in [-0.25, -0.2) is 4.68 Å². The van der Waals surface area contributed by atoms with Crippen LogP contribution in [0.25, 0.3) is 0 Å². The Morgan fingerprint density at radius 3 is 2.53 bits per heavy atom. The van der Waals surface area contributed by atoms with Gasteiger partial charge in [-0.15, -0.1) is 0 Å². The average molecular weight is 275 g/mol. The van der Waals surface area contributed by atoms with Crippen molar-refractivity contribution in [3.05, 3.63) is 40.6 Å². The van der Waals surface area contributed by atoms with E-state index in [1.165, 1.54) is 11.1 Å². The Labute approximate surface area is 118 Å². The highest BCUT2D eigenvalue weighted by Crippen LogP contribution is 2.28.